The minimum Gasteiger partial charge on any atom is -0.393 e. The maximum Gasteiger partial charge on any atom is 0.137 e. The van der Waals surface area contributed by atoms with Gasteiger partial charge in [-0.15, -0.1) is 0 Å². The molecule has 0 spiro atoms. The summed E-state index contributed by atoms with van der Waals surface area (Å²) in [5, 5.41) is 43.4. The number of ketones is 1. The minimum absolute atomic E-state index is 0.0282. The molecule has 4 fully saturated rings. The van der Waals surface area contributed by atoms with Crippen molar-refractivity contribution in [2.24, 2.45) is 45.3 Å². The van der Waals surface area contributed by atoms with E-state index in [1.807, 2.05) is 19.9 Å². The Morgan fingerprint density at radius 1 is 1.09 bits per heavy atom. The minimum atomic E-state index is -0.954. The number of carbonyl (C=O) groups is 1. The molecule has 0 aromatic carbocycles. The Bertz CT molecular complexity index is 876. The second-order valence-electron chi connectivity index (χ2n) is 14.4. The molecule has 0 amide bonds. The number of aliphatic hydroxyl groups is 4. The van der Waals surface area contributed by atoms with Crippen LogP contribution in [0.1, 0.15) is 99.8 Å². The summed E-state index contributed by atoms with van der Waals surface area (Å²) in [6.07, 6.45) is 6.73. The molecule has 4 aliphatic carbocycles. The summed E-state index contributed by atoms with van der Waals surface area (Å²) in [5.41, 5.74) is -1.12. The van der Waals surface area contributed by atoms with Gasteiger partial charge in [-0.25, -0.2) is 0 Å². The van der Waals surface area contributed by atoms with Crippen LogP contribution in [0.3, 0.4) is 0 Å². The normalized spacial score (nSPS) is 49.1. The topological polar surface area (TPSA) is 98.0 Å². The third-order valence-corrected chi connectivity index (χ3v) is 12.2. The van der Waals surface area contributed by atoms with Crippen molar-refractivity contribution in [3.63, 3.8) is 0 Å². The van der Waals surface area contributed by atoms with Gasteiger partial charge in [0.1, 0.15) is 5.78 Å². The maximum absolute atomic E-state index is 14.0. The molecule has 5 nitrogen and oxygen atoms in total. The Kier molecular flexibility index (Phi) is 6.74. The van der Waals surface area contributed by atoms with Crippen molar-refractivity contribution in [3.05, 3.63) is 11.6 Å². The molecule has 10 atom stereocenters. The van der Waals surface area contributed by atoms with E-state index in [-0.39, 0.29) is 46.5 Å². The van der Waals surface area contributed by atoms with Gasteiger partial charge in [0, 0.05) is 12.3 Å². The molecule has 0 bridgehead atoms. The van der Waals surface area contributed by atoms with Gasteiger partial charge in [0.2, 0.25) is 0 Å². The molecule has 0 aromatic rings. The SMILES string of the molecule is C/C(=C\CC[C@](C)(O)[C@H]1CC[C@]2(C)[C@@H]1C(=O)C[C@@H]1[C@@]3(C)CC[C@H](O)C(C)(C)[C@@H]3[C@@H](O)C[C@]12C)CO. The summed E-state index contributed by atoms with van der Waals surface area (Å²) in [5.74, 6) is 0.138. The fraction of sp³-hybridized carbons (Fsp3) is 0.900. The largest absolute Gasteiger partial charge is 0.393 e. The van der Waals surface area contributed by atoms with E-state index in [1.165, 1.54) is 0 Å². The number of aliphatic hydroxyl groups excluding tert-OH is 3. The third kappa shape index (κ3) is 3.82. The van der Waals surface area contributed by atoms with Crippen molar-refractivity contribution in [1.82, 2.24) is 0 Å². The van der Waals surface area contributed by atoms with Crippen molar-refractivity contribution >= 4 is 5.78 Å². The van der Waals surface area contributed by atoms with Gasteiger partial charge in [0.25, 0.3) is 0 Å². The zero-order valence-corrected chi connectivity index (χ0v) is 23.1. The highest BCUT2D eigenvalue weighted by molar-refractivity contribution is 5.84. The van der Waals surface area contributed by atoms with Gasteiger partial charge < -0.3 is 20.4 Å². The highest BCUT2D eigenvalue weighted by atomic mass is 16.3. The van der Waals surface area contributed by atoms with Crippen LogP contribution < -0.4 is 0 Å². The molecule has 0 aliphatic heterocycles. The lowest BCUT2D eigenvalue weighted by molar-refractivity contribution is -0.253. The molecule has 35 heavy (non-hydrogen) atoms. The first-order valence-corrected chi connectivity index (χ1v) is 13.9. The zero-order chi connectivity index (χ0) is 26.2. The molecule has 5 heteroatoms. The third-order valence-electron chi connectivity index (χ3n) is 12.2. The van der Waals surface area contributed by atoms with E-state index in [9.17, 15) is 25.2 Å². The molecular weight excluding hydrogens is 440 g/mol. The summed E-state index contributed by atoms with van der Waals surface area (Å²) in [4.78, 5) is 14.0. The quantitative estimate of drug-likeness (QED) is 0.421. The number of hydrogen-bond acceptors (Lipinski definition) is 5. The molecule has 0 aromatic heterocycles. The number of hydrogen-bond donors (Lipinski definition) is 4. The first-order valence-electron chi connectivity index (χ1n) is 13.9. The monoisotopic (exact) mass is 490 g/mol. The van der Waals surface area contributed by atoms with Crippen LogP contribution in [0, 0.1) is 45.3 Å². The summed E-state index contributed by atoms with van der Waals surface area (Å²) in [6, 6.07) is 0. The molecule has 0 unspecified atom stereocenters. The van der Waals surface area contributed by atoms with E-state index >= 15 is 0 Å². The molecule has 0 saturated heterocycles. The van der Waals surface area contributed by atoms with E-state index in [0.29, 0.717) is 37.9 Å². The van der Waals surface area contributed by atoms with Gasteiger partial charge in [-0.2, -0.15) is 0 Å². The first-order chi connectivity index (χ1) is 16.1. The van der Waals surface area contributed by atoms with Crippen LogP contribution in [-0.4, -0.2) is 50.6 Å². The van der Waals surface area contributed by atoms with Crippen LogP contribution in [0.15, 0.2) is 11.6 Å². The molecule has 4 saturated carbocycles. The van der Waals surface area contributed by atoms with Crippen LogP contribution in [-0.2, 0) is 4.79 Å². The van der Waals surface area contributed by atoms with E-state index in [2.05, 4.69) is 34.6 Å². The van der Waals surface area contributed by atoms with Gasteiger partial charge in [-0.1, -0.05) is 46.3 Å². The Morgan fingerprint density at radius 2 is 1.74 bits per heavy atom. The Morgan fingerprint density at radius 3 is 2.37 bits per heavy atom. The van der Waals surface area contributed by atoms with Crippen LogP contribution in [0.25, 0.3) is 0 Å². The number of allylic oxidation sites excluding steroid dienone is 1. The van der Waals surface area contributed by atoms with E-state index in [1.54, 1.807) is 0 Å². The van der Waals surface area contributed by atoms with Crippen LogP contribution in [0.5, 0.6) is 0 Å². The van der Waals surface area contributed by atoms with Crippen LogP contribution in [0.2, 0.25) is 0 Å². The lowest BCUT2D eigenvalue weighted by atomic mass is 9.34. The van der Waals surface area contributed by atoms with Crippen molar-refractivity contribution in [3.8, 4) is 0 Å². The predicted molar refractivity (Wildman–Crippen MR) is 137 cm³/mol. The number of carbonyl (C=O) groups excluding carboxylic acids is 1. The van der Waals surface area contributed by atoms with Crippen molar-refractivity contribution in [1.29, 1.82) is 0 Å². The fourth-order valence-corrected chi connectivity index (χ4v) is 10.2. The van der Waals surface area contributed by atoms with E-state index < -0.39 is 23.2 Å². The van der Waals surface area contributed by atoms with Crippen LogP contribution in [0.4, 0.5) is 0 Å². The standard InChI is InChI=1S/C30H50O5/c1-18(17-31)9-8-12-30(7,35)19-10-14-28(5)24(19)20(32)15-22-27(4)13-11-23(34)26(2,3)25(27)21(33)16-29(22,28)6/h9,19,21-25,31,33-35H,8,10-17H2,1-7H3/b18-9+/t19-,21-,22+,23-,24-,25-,27+,28+,29+,30-/m0/s1. The average molecular weight is 491 g/mol. The zero-order valence-electron chi connectivity index (χ0n) is 23.1. The first kappa shape index (κ1) is 27.3. The number of rotatable bonds is 5. The highest BCUT2D eigenvalue weighted by Crippen LogP contribution is 2.75. The predicted octanol–water partition coefficient (Wildman–Crippen LogP) is 4.65. The Balaban J connectivity index is 1.68. The fourth-order valence-electron chi connectivity index (χ4n) is 10.2. The summed E-state index contributed by atoms with van der Waals surface area (Å²) >= 11 is 0. The molecule has 200 valence electrons. The maximum atomic E-state index is 14.0. The molecule has 4 aliphatic rings. The lowest BCUT2D eigenvalue weighted by Crippen LogP contribution is -2.69. The smallest absolute Gasteiger partial charge is 0.137 e. The average Bonchev–Trinajstić information content (AvgIpc) is 3.13. The second kappa shape index (κ2) is 8.64. The summed E-state index contributed by atoms with van der Waals surface area (Å²) in [7, 11) is 0. The van der Waals surface area contributed by atoms with Gasteiger partial charge in [0.05, 0.1) is 24.4 Å². The van der Waals surface area contributed by atoms with Crippen molar-refractivity contribution < 1.29 is 25.2 Å². The molecule has 0 radical (unpaired) electrons. The van der Waals surface area contributed by atoms with E-state index in [4.69, 9.17) is 0 Å². The van der Waals surface area contributed by atoms with Gasteiger partial charge >= 0.3 is 0 Å². The molecular formula is C30H50O5. The Hall–Kier alpha value is -0.750. The highest BCUT2D eigenvalue weighted by Gasteiger charge is 2.73. The van der Waals surface area contributed by atoms with Gasteiger partial charge in [0.15, 0.2) is 0 Å². The van der Waals surface area contributed by atoms with Crippen molar-refractivity contribution in [2.75, 3.05) is 6.61 Å². The second-order valence-corrected chi connectivity index (χ2v) is 14.4. The molecule has 4 rings (SSSR count). The summed E-state index contributed by atoms with van der Waals surface area (Å²) < 4.78 is 0. The van der Waals surface area contributed by atoms with E-state index in [0.717, 1.165) is 24.8 Å². The lowest BCUT2D eigenvalue weighted by Gasteiger charge is -2.70. The number of Topliss-reactive ketones (excluding diaryl/α,β-unsaturated/α-hetero) is 1. The van der Waals surface area contributed by atoms with Crippen LogP contribution >= 0.6 is 0 Å². The number of fused-ring (bicyclic) bond motifs is 5. The van der Waals surface area contributed by atoms with Gasteiger partial charge in [-0.05, 0) is 98.2 Å². The van der Waals surface area contributed by atoms with Gasteiger partial charge in [-0.3, -0.25) is 4.79 Å². The van der Waals surface area contributed by atoms with Crippen molar-refractivity contribution in [2.45, 2.75) is 118 Å². The Labute approximate surface area is 212 Å². The summed E-state index contributed by atoms with van der Waals surface area (Å²) in [6.45, 7) is 14.9. The molecule has 0 heterocycles. The molecule has 4 N–H and O–H groups in total.